The molecular formula is C18H25N3S. The van der Waals surface area contributed by atoms with Gasteiger partial charge in [0.2, 0.25) is 0 Å². The Kier molecular flexibility index (Phi) is 4.50. The molecule has 3 nitrogen and oxygen atoms in total. The van der Waals surface area contributed by atoms with E-state index in [0.717, 1.165) is 32.7 Å². The Morgan fingerprint density at radius 3 is 2.32 bits per heavy atom. The van der Waals surface area contributed by atoms with Crippen molar-refractivity contribution < 1.29 is 0 Å². The number of nitrogens with zero attached hydrogens (tertiary/aromatic N) is 3. The van der Waals surface area contributed by atoms with E-state index < -0.39 is 0 Å². The highest BCUT2D eigenvalue weighted by atomic mass is 32.1. The molecule has 1 aromatic carbocycles. The van der Waals surface area contributed by atoms with E-state index in [1.54, 1.807) is 11.3 Å². The van der Waals surface area contributed by atoms with E-state index in [2.05, 4.69) is 66.3 Å². The van der Waals surface area contributed by atoms with Gasteiger partial charge in [-0.05, 0) is 5.56 Å². The molecule has 22 heavy (non-hydrogen) atoms. The van der Waals surface area contributed by atoms with Gasteiger partial charge in [0.05, 0.1) is 5.69 Å². The lowest BCUT2D eigenvalue weighted by molar-refractivity contribution is 0.250. The van der Waals surface area contributed by atoms with Crippen LogP contribution in [0.5, 0.6) is 0 Å². The number of rotatable bonds is 3. The maximum Gasteiger partial charge on any atom is 0.185 e. The van der Waals surface area contributed by atoms with Gasteiger partial charge in [0, 0.05) is 43.5 Å². The van der Waals surface area contributed by atoms with Crippen LogP contribution in [0.15, 0.2) is 35.7 Å². The average molecular weight is 315 g/mol. The number of piperazine rings is 1. The number of aromatic nitrogens is 1. The summed E-state index contributed by atoms with van der Waals surface area (Å²) in [7, 11) is 0. The Balaban J connectivity index is 1.56. The van der Waals surface area contributed by atoms with Gasteiger partial charge in [-0.2, -0.15) is 0 Å². The Morgan fingerprint density at radius 1 is 1.05 bits per heavy atom. The van der Waals surface area contributed by atoms with Crippen molar-refractivity contribution in [1.29, 1.82) is 0 Å². The Labute approximate surface area is 137 Å². The van der Waals surface area contributed by atoms with Gasteiger partial charge < -0.3 is 4.90 Å². The molecule has 0 aliphatic carbocycles. The molecule has 118 valence electrons. The molecule has 0 N–H and O–H groups in total. The van der Waals surface area contributed by atoms with Crippen LogP contribution in [0.1, 0.15) is 32.0 Å². The first-order chi connectivity index (χ1) is 10.5. The van der Waals surface area contributed by atoms with Crippen molar-refractivity contribution in [2.75, 3.05) is 31.1 Å². The lowest BCUT2D eigenvalue weighted by atomic mass is 9.93. The number of benzene rings is 1. The van der Waals surface area contributed by atoms with Crippen LogP contribution in [-0.4, -0.2) is 36.1 Å². The van der Waals surface area contributed by atoms with Crippen LogP contribution in [0.2, 0.25) is 0 Å². The largest absolute Gasteiger partial charge is 0.346 e. The molecule has 1 aromatic heterocycles. The van der Waals surface area contributed by atoms with Crippen LogP contribution < -0.4 is 4.90 Å². The summed E-state index contributed by atoms with van der Waals surface area (Å²) in [6, 6.07) is 10.7. The second kappa shape index (κ2) is 6.39. The van der Waals surface area contributed by atoms with Gasteiger partial charge in [-0.3, -0.25) is 4.90 Å². The third kappa shape index (κ3) is 3.68. The van der Waals surface area contributed by atoms with E-state index in [1.165, 1.54) is 16.4 Å². The third-order valence-corrected chi connectivity index (χ3v) is 5.05. The topological polar surface area (TPSA) is 19.4 Å². The molecule has 0 atom stereocenters. The second-order valence-electron chi connectivity index (χ2n) is 7.01. The van der Waals surface area contributed by atoms with Crippen molar-refractivity contribution in [2.24, 2.45) is 0 Å². The summed E-state index contributed by atoms with van der Waals surface area (Å²) in [5.74, 6) is 0. The van der Waals surface area contributed by atoms with Crippen LogP contribution in [0.25, 0.3) is 0 Å². The highest BCUT2D eigenvalue weighted by Crippen LogP contribution is 2.29. The number of thiazole rings is 1. The maximum atomic E-state index is 4.84. The van der Waals surface area contributed by atoms with Crippen molar-refractivity contribution in [3.63, 3.8) is 0 Å². The first kappa shape index (κ1) is 15.5. The van der Waals surface area contributed by atoms with E-state index >= 15 is 0 Å². The van der Waals surface area contributed by atoms with Gasteiger partial charge in [0.15, 0.2) is 5.13 Å². The van der Waals surface area contributed by atoms with Crippen molar-refractivity contribution in [1.82, 2.24) is 9.88 Å². The minimum atomic E-state index is 0.143. The monoisotopic (exact) mass is 315 g/mol. The van der Waals surface area contributed by atoms with Crippen molar-refractivity contribution in [2.45, 2.75) is 32.7 Å². The lowest BCUT2D eigenvalue weighted by Gasteiger charge is -2.34. The fourth-order valence-corrected chi connectivity index (χ4v) is 3.80. The molecule has 0 unspecified atom stereocenters. The minimum absolute atomic E-state index is 0.143. The Bertz CT molecular complexity index is 592. The standard InChI is InChI=1S/C18H25N3S/c1-18(2,3)16-14-22-17(19-16)21-11-9-20(10-12-21)13-15-7-5-4-6-8-15/h4-8,14H,9-13H2,1-3H3. The molecule has 0 saturated carbocycles. The molecule has 0 spiro atoms. The van der Waals surface area contributed by atoms with Crippen molar-refractivity contribution >= 4 is 16.5 Å². The molecular weight excluding hydrogens is 290 g/mol. The number of hydrogen-bond acceptors (Lipinski definition) is 4. The van der Waals surface area contributed by atoms with E-state index in [1.807, 2.05) is 0 Å². The summed E-state index contributed by atoms with van der Waals surface area (Å²) in [4.78, 5) is 9.80. The normalized spacial score (nSPS) is 17.0. The van der Waals surface area contributed by atoms with Gasteiger partial charge in [-0.15, -0.1) is 11.3 Å². The van der Waals surface area contributed by atoms with Crippen LogP contribution in [0, 0.1) is 0 Å². The van der Waals surface area contributed by atoms with Crippen LogP contribution in [-0.2, 0) is 12.0 Å². The minimum Gasteiger partial charge on any atom is -0.346 e. The van der Waals surface area contributed by atoms with Crippen LogP contribution in [0.4, 0.5) is 5.13 Å². The summed E-state index contributed by atoms with van der Waals surface area (Å²) in [6.45, 7) is 12.1. The summed E-state index contributed by atoms with van der Waals surface area (Å²) >= 11 is 1.78. The Morgan fingerprint density at radius 2 is 1.73 bits per heavy atom. The van der Waals surface area contributed by atoms with Crippen LogP contribution >= 0.6 is 11.3 Å². The predicted molar refractivity (Wildman–Crippen MR) is 94.7 cm³/mol. The summed E-state index contributed by atoms with van der Waals surface area (Å²) in [6.07, 6.45) is 0. The molecule has 1 saturated heterocycles. The highest BCUT2D eigenvalue weighted by Gasteiger charge is 2.22. The third-order valence-electron chi connectivity index (χ3n) is 4.15. The predicted octanol–water partition coefficient (Wildman–Crippen LogP) is 3.76. The van der Waals surface area contributed by atoms with Gasteiger partial charge in [-0.25, -0.2) is 4.98 Å². The van der Waals surface area contributed by atoms with E-state index in [9.17, 15) is 0 Å². The van der Waals surface area contributed by atoms with Gasteiger partial charge in [-0.1, -0.05) is 51.1 Å². The molecule has 2 heterocycles. The zero-order valence-corrected chi connectivity index (χ0v) is 14.6. The molecule has 1 aliphatic rings. The molecule has 4 heteroatoms. The fourth-order valence-electron chi connectivity index (χ4n) is 2.69. The molecule has 3 rings (SSSR count). The van der Waals surface area contributed by atoms with E-state index in [-0.39, 0.29) is 5.41 Å². The van der Waals surface area contributed by atoms with E-state index in [4.69, 9.17) is 4.98 Å². The molecule has 1 aliphatic heterocycles. The lowest BCUT2D eigenvalue weighted by Crippen LogP contribution is -2.46. The highest BCUT2D eigenvalue weighted by molar-refractivity contribution is 7.13. The summed E-state index contributed by atoms with van der Waals surface area (Å²) in [5, 5.41) is 3.40. The zero-order valence-electron chi connectivity index (χ0n) is 13.7. The SMILES string of the molecule is CC(C)(C)c1csc(N2CCN(Cc3ccccc3)CC2)n1. The fraction of sp³-hybridized carbons (Fsp3) is 0.500. The molecule has 0 bridgehead atoms. The molecule has 0 radical (unpaired) electrons. The van der Waals surface area contributed by atoms with E-state index in [0.29, 0.717) is 0 Å². The maximum absolute atomic E-state index is 4.84. The molecule has 2 aromatic rings. The van der Waals surface area contributed by atoms with Gasteiger partial charge >= 0.3 is 0 Å². The first-order valence-corrected chi connectivity index (χ1v) is 8.87. The second-order valence-corrected chi connectivity index (χ2v) is 7.85. The van der Waals surface area contributed by atoms with Crippen molar-refractivity contribution in [3.8, 4) is 0 Å². The Hall–Kier alpha value is -1.39. The quantitative estimate of drug-likeness (QED) is 0.859. The smallest absolute Gasteiger partial charge is 0.185 e. The molecule has 1 fully saturated rings. The zero-order chi connectivity index (χ0) is 15.6. The van der Waals surface area contributed by atoms with Crippen molar-refractivity contribution in [3.05, 3.63) is 47.0 Å². The summed E-state index contributed by atoms with van der Waals surface area (Å²) in [5.41, 5.74) is 2.75. The number of hydrogen-bond donors (Lipinski definition) is 0. The number of anilines is 1. The molecule has 0 amide bonds. The summed E-state index contributed by atoms with van der Waals surface area (Å²) < 4.78 is 0. The first-order valence-electron chi connectivity index (χ1n) is 7.99. The van der Waals surface area contributed by atoms with Crippen LogP contribution in [0.3, 0.4) is 0 Å². The van der Waals surface area contributed by atoms with Gasteiger partial charge in [0.1, 0.15) is 0 Å². The van der Waals surface area contributed by atoms with Gasteiger partial charge in [0.25, 0.3) is 0 Å². The average Bonchev–Trinajstić information content (AvgIpc) is 2.99.